The average Bonchev–Trinajstić information content (AvgIpc) is 1.61. The second kappa shape index (κ2) is 6.70. The minimum atomic E-state index is -0.437. The van der Waals surface area contributed by atoms with E-state index in [1.165, 1.54) is 6.21 Å². The van der Waals surface area contributed by atoms with Crippen LogP contribution in [0.1, 0.15) is 6.92 Å². The van der Waals surface area contributed by atoms with Gasteiger partial charge in [-0.3, -0.25) is 4.99 Å². The summed E-state index contributed by atoms with van der Waals surface area (Å²) in [5.41, 5.74) is 0.752. The van der Waals surface area contributed by atoms with Crippen molar-refractivity contribution in [2.75, 3.05) is 0 Å². The van der Waals surface area contributed by atoms with Crippen LogP contribution < -0.4 is 56.5 Å². The molecular formula is C6H8KNO. The van der Waals surface area contributed by atoms with Crippen LogP contribution >= 0.6 is 0 Å². The minimum absolute atomic E-state index is 0. The fourth-order valence-corrected chi connectivity index (χ4v) is 0.182. The van der Waals surface area contributed by atoms with Crippen LogP contribution in [0.4, 0.5) is 0 Å². The number of aliphatic imine (C=N–C) groups is 1. The van der Waals surface area contributed by atoms with Gasteiger partial charge in [-0.25, -0.2) is 0 Å². The van der Waals surface area contributed by atoms with Crippen molar-refractivity contribution >= 4 is 6.21 Å². The first-order valence-corrected chi connectivity index (χ1v) is 2.18. The molecule has 0 aromatic rings. The van der Waals surface area contributed by atoms with Crippen molar-refractivity contribution in [3.63, 3.8) is 0 Å². The van der Waals surface area contributed by atoms with Crippen molar-refractivity contribution in [3.8, 4) is 0 Å². The Balaban J connectivity index is 0. The van der Waals surface area contributed by atoms with Gasteiger partial charge in [0.25, 0.3) is 0 Å². The standard InChI is InChI=1S/C6H9NO.K/c1-5(2)4-7-6(3)8;/h4,8H,1,3H2,2H3;/q;+1/p-1/b7-4-;. The first-order valence-electron chi connectivity index (χ1n) is 2.18. The second-order valence-corrected chi connectivity index (χ2v) is 1.50. The predicted molar refractivity (Wildman–Crippen MR) is 32.4 cm³/mol. The molecule has 0 fully saturated rings. The third-order valence-electron chi connectivity index (χ3n) is 0.429. The summed E-state index contributed by atoms with van der Waals surface area (Å²) in [6, 6.07) is 0. The zero-order valence-electron chi connectivity index (χ0n) is 5.85. The maximum absolute atomic E-state index is 10.00. The van der Waals surface area contributed by atoms with E-state index in [0.717, 1.165) is 5.57 Å². The van der Waals surface area contributed by atoms with Crippen molar-refractivity contribution in [3.05, 3.63) is 24.6 Å². The Morgan fingerprint density at radius 1 is 1.56 bits per heavy atom. The zero-order chi connectivity index (χ0) is 6.57. The average molecular weight is 149 g/mol. The molecule has 0 rings (SSSR count). The van der Waals surface area contributed by atoms with E-state index >= 15 is 0 Å². The number of allylic oxidation sites excluding steroid dienone is 1. The van der Waals surface area contributed by atoms with Crippen LogP contribution in [0.5, 0.6) is 0 Å². The Bertz CT molecular complexity index is 124. The van der Waals surface area contributed by atoms with E-state index < -0.39 is 5.88 Å². The van der Waals surface area contributed by atoms with Gasteiger partial charge >= 0.3 is 51.4 Å². The Labute approximate surface area is 97.8 Å². The molecule has 3 heteroatoms. The van der Waals surface area contributed by atoms with Gasteiger partial charge in [0.15, 0.2) is 0 Å². The zero-order valence-corrected chi connectivity index (χ0v) is 8.97. The molecule has 44 valence electrons. The summed E-state index contributed by atoms with van der Waals surface area (Å²) >= 11 is 0. The van der Waals surface area contributed by atoms with Gasteiger partial charge in [-0.05, 0) is 18.4 Å². The van der Waals surface area contributed by atoms with E-state index in [2.05, 4.69) is 18.2 Å². The third-order valence-corrected chi connectivity index (χ3v) is 0.429. The SMILES string of the molecule is C=C(C)/C=N\C(=C)[O-].[K+]. The minimum Gasteiger partial charge on any atom is -0.859 e. The first-order chi connectivity index (χ1) is 3.63. The fraction of sp³-hybridized carbons (Fsp3) is 0.167. The monoisotopic (exact) mass is 149 g/mol. The van der Waals surface area contributed by atoms with Crippen molar-refractivity contribution in [2.24, 2.45) is 4.99 Å². The van der Waals surface area contributed by atoms with Gasteiger partial charge in [0, 0.05) is 6.21 Å². The van der Waals surface area contributed by atoms with E-state index in [1.807, 2.05) is 0 Å². The first kappa shape index (κ1) is 12.3. The van der Waals surface area contributed by atoms with Gasteiger partial charge in [0.2, 0.25) is 0 Å². The van der Waals surface area contributed by atoms with Crippen molar-refractivity contribution in [2.45, 2.75) is 6.92 Å². The molecule has 0 unspecified atom stereocenters. The fourth-order valence-electron chi connectivity index (χ4n) is 0.182. The van der Waals surface area contributed by atoms with Crippen LogP contribution in [0.25, 0.3) is 0 Å². The van der Waals surface area contributed by atoms with Crippen LogP contribution in [-0.2, 0) is 0 Å². The number of hydrogen-bond donors (Lipinski definition) is 0. The molecule has 0 saturated heterocycles. The largest absolute Gasteiger partial charge is 1.00 e. The Morgan fingerprint density at radius 3 is 2.11 bits per heavy atom. The summed E-state index contributed by atoms with van der Waals surface area (Å²) in [6.07, 6.45) is 1.38. The summed E-state index contributed by atoms with van der Waals surface area (Å²) in [5.74, 6) is -0.437. The molecule has 0 amide bonds. The Morgan fingerprint density at radius 2 is 2.00 bits per heavy atom. The molecule has 0 spiro atoms. The van der Waals surface area contributed by atoms with Crippen molar-refractivity contribution in [1.29, 1.82) is 0 Å². The molecule has 0 heterocycles. The molecule has 0 aliphatic rings. The van der Waals surface area contributed by atoms with Crippen LogP contribution in [-0.4, -0.2) is 6.21 Å². The van der Waals surface area contributed by atoms with Crippen LogP contribution in [0.15, 0.2) is 29.6 Å². The number of rotatable bonds is 2. The molecular weight excluding hydrogens is 141 g/mol. The molecule has 0 radical (unpaired) electrons. The van der Waals surface area contributed by atoms with Crippen LogP contribution in [0.3, 0.4) is 0 Å². The maximum Gasteiger partial charge on any atom is 1.00 e. The van der Waals surface area contributed by atoms with E-state index in [0.29, 0.717) is 0 Å². The normalized spacial score (nSPS) is 8.56. The van der Waals surface area contributed by atoms with Crippen molar-refractivity contribution < 1.29 is 56.5 Å². The smallest absolute Gasteiger partial charge is 0.859 e. The van der Waals surface area contributed by atoms with E-state index in [4.69, 9.17) is 0 Å². The summed E-state index contributed by atoms with van der Waals surface area (Å²) in [7, 11) is 0. The molecule has 0 aromatic carbocycles. The van der Waals surface area contributed by atoms with Crippen molar-refractivity contribution in [1.82, 2.24) is 0 Å². The summed E-state index contributed by atoms with van der Waals surface area (Å²) in [4.78, 5) is 3.35. The topological polar surface area (TPSA) is 35.4 Å². The van der Waals surface area contributed by atoms with E-state index in [-0.39, 0.29) is 51.4 Å². The van der Waals surface area contributed by atoms with Gasteiger partial charge in [-0.1, -0.05) is 13.2 Å². The Kier molecular flexibility index (Phi) is 9.15. The number of hydrogen-bond acceptors (Lipinski definition) is 2. The molecule has 0 bridgehead atoms. The molecule has 0 aliphatic heterocycles. The Hall–Kier alpha value is 0.586. The van der Waals surface area contributed by atoms with Gasteiger partial charge in [0.05, 0.1) is 0 Å². The summed E-state index contributed by atoms with van der Waals surface area (Å²) in [5, 5.41) is 10.00. The van der Waals surface area contributed by atoms with Gasteiger partial charge in [-0.15, -0.1) is 0 Å². The number of nitrogens with zero attached hydrogens (tertiary/aromatic N) is 1. The van der Waals surface area contributed by atoms with Gasteiger partial charge in [0.1, 0.15) is 0 Å². The summed E-state index contributed by atoms with van der Waals surface area (Å²) < 4.78 is 0. The quantitative estimate of drug-likeness (QED) is 0.242. The van der Waals surface area contributed by atoms with Gasteiger partial charge in [-0.2, -0.15) is 0 Å². The molecule has 2 nitrogen and oxygen atoms in total. The molecule has 0 aliphatic carbocycles. The maximum atomic E-state index is 10.00. The molecule has 0 saturated carbocycles. The molecule has 9 heavy (non-hydrogen) atoms. The van der Waals surface area contributed by atoms with E-state index in [9.17, 15) is 5.11 Å². The van der Waals surface area contributed by atoms with Crippen LogP contribution in [0, 0.1) is 0 Å². The predicted octanol–water partition coefficient (Wildman–Crippen LogP) is -2.53. The summed E-state index contributed by atoms with van der Waals surface area (Å²) in [6.45, 7) is 8.29. The van der Waals surface area contributed by atoms with E-state index in [1.54, 1.807) is 6.92 Å². The molecule has 0 aromatic heterocycles. The molecule has 0 N–H and O–H groups in total. The molecule has 0 atom stereocenters. The van der Waals surface area contributed by atoms with Crippen LogP contribution in [0.2, 0.25) is 0 Å². The second-order valence-electron chi connectivity index (χ2n) is 1.50. The van der Waals surface area contributed by atoms with Gasteiger partial charge < -0.3 is 5.11 Å². The third kappa shape index (κ3) is 11.9.